The Hall–Kier alpha value is -1.06. The van der Waals surface area contributed by atoms with Gasteiger partial charge in [-0.2, -0.15) is 0 Å². The zero-order valence-corrected chi connectivity index (χ0v) is 12.6. The van der Waals surface area contributed by atoms with E-state index in [1.807, 2.05) is 0 Å². The number of rotatable bonds is 4. The number of hydrogen-bond donors (Lipinski definition) is 2. The van der Waals surface area contributed by atoms with Crippen molar-refractivity contribution in [1.29, 1.82) is 0 Å². The molecule has 0 aromatic heterocycles. The normalized spacial score (nSPS) is 15.3. The van der Waals surface area contributed by atoms with Gasteiger partial charge >= 0.3 is 0 Å². The van der Waals surface area contributed by atoms with E-state index in [9.17, 15) is 8.42 Å². The number of halogens is 1. The molecule has 0 saturated heterocycles. The maximum absolute atomic E-state index is 12.2. The van der Waals surface area contributed by atoms with Gasteiger partial charge in [-0.1, -0.05) is 29.9 Å². The van der Waals surface area contributed by atoms with Crippen molar-refractivity contribution in [2.45, 2.75) is 24.2 Å². The molecule has 1 aromatic rings. The van der Waals surface area contributed by atoms with Crippen LogP contribution in [0.4, 0.5) is 0 Å². The maximum Gasteiger partial charge on any atom is 0.242 e. The first-order valence-corrected chi connectivity index (χ1v) is 8.37. The van der Waals surface area contributed by atoms with E-state index in [-0.39, 0.29) is 16.5 Å². The van der Waals surface area contributed by atoms with Gasteiger partial charge in [0, 0.05) is 12.1 Å². The SMILES string of the molecule is NCC#Cc1ccc(S(=O)(=O)NCC2CCC2)c(Cl)c1. The first-order chi connectivity index (χ1) is 9.53. The molecule has 0 spiro atoms. The summed E-state index contributed by atoms with van der Waals surface area (Å²) in [7, 11) is -3.55. The van der Waals surface area contributed by atoms with Crippen LogP contribution in [0.1, 0.15) is 24.8 Å². The van der Waals surface area contributed by atoms with Crippen LogP contribution in [0.25, 0.3) is 0 Å². The Morgan fingerprint density at radius 1 is 1.40 bits per heavy atom. The Labute approximate surface area is 124 Å². The second kappa shape index (κ2) is 6.59. The van der Waals surface area contributed by atoms with E-state index in [0.29, 0.717) is 18.0 Å². The van der Waals surface area contributed by atoms with Gasteiger partial charge in [-0.15, -0.1) is 0 Å². The largest absolute Gasteiger partial charge is 0.320 e. The molecule has 1 saturated carbocycles. The third kappa shape index (κ3) is 3.74. The Kier molecular flexibility index (Phi) is 5.06. The van der Waals surface area contributed by atoms with Gasteiger partial charge in [-0.25, -0.2) is 13.1 Å². The van der Waals surface area contributed by atoms with E-state index in [1.54, 1.807) is 12.1 Å². The van der Waals surface area contributed by atoms with Crippen LogP contribution in [0.5, 0.6) is 0 Å². The van der Waals surface area contributed by atoms with Gasteiger partial charge in [-0.3, -0.25) is 0 Å². The molecule has 20 heavy (non-hydrogen) atoms. The summed E-state index contributed by atoms with van der Waals surface area (Å²) in [4.78, 5) is 0.0942. The minimum Gasteiger partial charge on any atom is -0.320 e. The Balaban J connectivity index is 2.14. The first kappa shape index (κ1) is 15.3. The average molecular weight is 313 g/mol. The van der Waals surface area contributed by atoms with Gasteiger partial charge in [0.15, 0.2) is 0 Å². The highest BCUT2D eigenvalue weighted by Gasteiger charge is 2.22. The summed E-state index contributed by atoms with van der Waals surface area (Å²) < 4.78 is 27.0. The van der Waals surface area contributed by atoms with Gasteiger partial charge in [0.1, 0.15) is 4.90 Å². The summed E-state index contributed by atoms with van der Waals surface area (Å²) >= 11 is 6.04. The molecule has 1 aliphatic carbocycles. The highest BCUT2D eigenvalue weighted by Crippen LogP contribution is 2.27. The van der Waals surface area contributed by atoms with Crippen LogP contribution in [0.15, 0.2) is 23.1 Å². The van der Waals surface area contributed by atoms with Crippen LogP contribution in [0.2, 0.25) is 5.02 Å². The van der Waals surface area contributed by atoms with Crippen molar-refractivity contribution in [3.63, 3.8) is 0 Å². The molecule has 0 heterocycles. The lowest BCUT2D eigenvalue weighted by atomic mass is 9.86. The van der Waals surface area contributed by atoms with E-state index < -0.39 is 10.0 Å². The molecular weight excluding hydrogens is 296 g/mol. The summed E-state index contributed by atoms with van der Waals surface area (Å²) in [5.41, 5.74) is 5.94. The molecule has 0 radical (unpaired) electrons. The van der Waals surface area contributed by atoms with Crippen molar-refractivity contribution in [1.82, 2.24) is 4.72 Å². The van der Waals surface area contributed by atoms with Gasteiger partial charge < -0.3 is 5.73 Å². The molecule has 4 nitrogen and oxygen atoms in total. The van der Waals surface area contributed by atoms with Gasteiger partial charge in [0.2, 0.25) is 10.0 Å². The molecule has 3 N–H and O–H groups in total. The third-order valence-corrected chi connectivity index (χ3v) is 5.25. The van der Waals surface area contributed by atoms with Crippen molar-refractivity contribution in [3.8, 4) is 11.8 Å². The molecule has 0 atom stereocenters. The van der Waals surface area contributed by atoms with Crippen molar-refractivity contribution >= 4 is 21.6 Å². The molecule has 0 unspecified atom stereocenters. The van der Waals surface area contributed by atoms with E-state index in [0.717, 1.165) is 12.8 Å². The van der Waals surface area contributed by atoms with Gasteiger partial charge in [0.25, 0.3) is 0 Å². The van der Waals surface area contributed by atoms with Crippen molar-refractivity contribution in [2.75, 3.05) is 13.1 Å². The Morgan fingerprint density at radius 3 is 2.70 bits per heavy atom. The second-order valence-corrected chi connectivity index (χ2v) is 6.94. The number of benzene rings is 1. The van der Waals surface area contributed by atoms with Crippen molar-refractivity contribution < 1.29 is 8.42 Å². The number of hydrogen-bond acceptors (Lipinski definition) is 3. The van der Waals surface area contributed by atoms with Crippen molar-refractivity contribution in [3.05, 3.63) is 28.8 Å². The predicted molar refractivity (Wildman–Crippen MR) is 79.9 cm³/mol. The highest BCUT2D eigenvalue weighted by molar-refractivity contribution is 7.89. The summed E-state index contributed by atoms with van der Waals surface area (Å²) in [5, 5.41) is 0.176. The topological polar surface area (TPSA) is 72.2 Å². The van der Waals surface area contributed by atoms with Crippen LogP contribution in [-0.2, 0) is 10.0 Å². The van der Waals surface area contributed by atoms with E-state index in [4.69, 9.17) is 17.3 Å². The number of nitrogens with two attached hydrogens (primary N) is 1. The van der Waals surface area contributed by atoms with Crippen LogP contribution in [0.3, 0.4) is 0 Å². The predicted octanol–water partition coefficient (Wildman–Crippen LogP) is 1.73. The Morgan fingerprint density at radius 2 is 2.15 bits per heavy atom. The lowest BCUT2D eigenvalue weighted by Gasteiger charge is -2.25. The summed E-state index contributed by atoms with van der Waals surface area (Å²) in [6.07, 6.45) is 3.36. The fourth-order valence-corrected chi connectivity index (χ4v) is 3.61. The monoisotopic (exact) mass is 312 g/mol. The third-order valence-electron chi connectivity index (χ3n) is 3.34. The lowest BCUT2D eigenvalue weighted by Crippen LogP contribution is -2.32. The number of nitrogens with one attached hydrogen (secondary N) is 1. The fraction of sp³-hybridized carbons (Fsp3) is 0.429. The summed E-state index contributed by atoms with van der Waals surface area (Å²) in [6, 6.07) is 4.65. The molecule has 1 aromatic carbocycles. The first-order valence-electron chi connectivity index (χ1n) is 6.51. The zero-order chi connectivity index (χ0) is 14.6. The standard InChI is InChI=1S/C14H17ClN2O2S/c15-13-9-11(5-2-8-16)6-7-14(13)20(18,19)17-10-12-3-1-4-12/h6-7,9,12,17H,1,3-4,8,10,16H2. The Bertz CT molecular complexity index is 643. The molecule has 1 fully saturated rings. The summed E-state index contributed by atoms with van der Waals surface area (Å²) in [5.74, 6) is 5.97. The molecule has 108 valence electrons. The molecule has 6 heteroatoms. The average Bonchev–Trinajstić information content (AvgIpc) is 2.34. The van der Waals surface area contributed by atoms with E-state index in [1.165, 1.54) is 12.5 Å². The number of sulfonamides is 1. The quantitative estimate of drug-likeness (QED) is 0.832. The maximum atomic E-state index is 12.2. The molecule has 0 aliphatic heterocycles. The molecule has 1 aliphatic rings. The van der Waals surface area contributed by atoms with Crippen LogP contribution in [-0.4, -0.2) is 21.5 Å². The van der Waals surface area contributed by atoms with Crippen LogP contribution in [0, 0.1) is 17.8 Å². The van der Waals surface area contributed by atoms with Crippen LogP contribution >= 0.6 is 11.6 Å². The minimum atomic E-state index is -3.55. The van der Waals surface area contributed by atoms with Gasteiger partial charge in [-0.05, 0) is 37.0 Å². The molecule has 2 rings (SSSR count). The fourth-order valence-electron chi connectivity index (χ4n) is 1.95. The van der Waals surface area contributed by atoms with E-state index >= 15 is 0 Å². The molecule has 0 bridgehead atoms. The smallest absolute Gasteiger partial charge is 0.242 e. The van der Waals surface area contributed by atoms with Crippen molar-refractivity contribution in [2.24, 2.45) is 11.7 Å². The highest BCUT2D eigenvalue weighted by atomic mass is 35.5. The zero-order valence-electron chi connectivity index (χ0n) is 11.0. The summed E-state index contributed by atoms with van der Waals surface area (Å²) in [6.45, 7) is 0.730. The van der Waals surface area contributed by atoms with Gasteiger partial charge in [0.05, 0.1) is 11.6 Å². The van der Waals surface area contributed by atoms with E-state index in [2.05, 4.69) is 16.6 Å². The minimum absolute atomic E-state index is 0.0942. The molecular formula is C14H17ClN2O2S. The molecule has 0 amide bonds. The van der Waals surface area contributed by atoms with Crippen LogP contribution < -0.4 is 10.5 Å². The lowest BCUT2D eigenvalue weighted by molar-refractivity contribution is 0.316. The second-order valence-electron chi connectivity index (χ2n) is 4.80.